The van der Waals surface area contributed by atoms with E-state index < -0.39 is 91.6 Å². The minimum absolute atomic E-state index is 0.113. The van der Waals surface area contributed by atoms with Gasteiger partial charge in [0.1, 0.15) is 42.5 Å². The van der Waals surface area contributed by atoms with Crippen LogP contribution in [0.4, 0.5) is 4.79 Å². The number of hydrogen-bond acceptors (Lipinski definition) is 11. The topological polar surface area (TPSA) is 256 Å². The molecule has 0 aromatic carbocycles. The highest BCUT2D eigenvalue weighted by molar-refractivity contribution is 5.92. The Morgan fingerprint density at radius 1 is 1.05 bits per heavy atom. The minimum Gasteiger partial charge on any atom is -0.481 e. The number of ether oxygens (including phenoxy) is 3. The predicted molar refractivity (Wildman–Crippen MR) is 132 cm³/mol. The van der Waals surface area contributed by atoms with Crippen molar-refractivity contribution in [2.45, 2.75) is 102 Å². The largest absolute Gasteiger partial charge is 0.481 e. The van der Waals surface area contributed by atoms with Crippen LogP contribution < -0.4 is 21.7 Å². The fraction of sp³-hybridized carbons (Fsp3) is 0.783. The van der Waals surface area contributed by atoms with Crippen LogP contribution in [0, 0.1) is 0 Å². The van der Waals surface area contributed by atoms with Crippen LogP contribution in [-0.4, -0.2) is 112 Å². The summed E-state index contributed by atoms with van der Waals surface area (Å²) in [5.41, 5.74) is 5.19. The van der Waals surface area contributed by atoms with Gasteiger partial charge in [0.25, 0.3) is 0 Å². The number of nitrogens with two attached hydrogens (primary N) is 1. The number of carboxylic acid groups (broad SMARTS) is 1. The van der Waals surface area contributed by atoms with Crippen molar-refractivity contribution in [3.05, 3.63) is 0 Å². The van der Waals surface area contributed by atoms with Gasteiger partial charge in [-0.3, -0.25) is 19.2 Å². The Bertz CT molecular complexity index is 844. The molecule has 16 nitrogen and oxygen atoms in total. The molecule has 8 atom stereocenters. The van der Waals surface area contributed by atoms with Crippen molar-refractivity contribution in [2.24, 2.45) is 5.73 Å². The molecule has 0 bridgehead atoms. The van der Waals surface area contributed by atoms with Gasteiger partial charge >= 0.3 is 12.1 Å². The van der Waals surface area contributed by atoms with Gasteiger partial charge in [-0.05, 0) is 26.7 Å². The zero-order valence-corrected chi connectivity index (χ0v) is 22.2. The van der Waals surface area contributed by atoms with Crippen LogP contribution >= 0.6 is 0 Å². The molecule has 39 heavy (non-hydrogen) atoms. The Balaban J connectivity index is 2.84. The number of nitrogens with one attached hydrogen (secondary N) is 3. The van der Waals surface area contributed by atoms with Gasteiger partial charge in [-0.1, -0.05) is 19.8 Å². The molecule has 16 heteroatoms. The van der Waals surface area contributed by atoms with Gasteiger partial charge in [0, 0.05) is 6.42 Å². The lowest BCUT2D eigenvalue weighted by Gasteiger charge is -2.43. The molecular weight excluding hydrogens is 524 g/mol. The van der Waals surface area contributed by atoms with E-state index in [9.17, 15) is 39.3 Å². The monoisotopic (exact) mass is 564 g/mol. The summed E-state index contributed by atoms with van der Waals surface area (Å²) in [5, 5.41) is 46.2. The zero-order chi connectivity index (χ0) is 29.7. The van der Waals surface area contributed by atoms with Crippen LogP contribution in [0.15, 0.2) is 0 Å². The number of carboxylic acids is 1. The Hall–Kier alpha value is -3.05. The molecule has 1 saturated heterocycles. The number of amides is 4. The van der Waals surface area contributed by atoms with Crippen molar-refractivity contribution in [1.82, 2.24) is 16.0 Å². The first-order chi connectivity index (χ1) is 18.3. The average molecular weight is 565 g/mol. The Morgan fingerprint density at radius 3 is 2.28 bits per heavy atom. The normalized spacial score (nSPS) is 25.0. The quantitative estimate of drug-likeness (QED) is 0.0902. The second-order valence-electron chi connectivity index (χ2n) is 9.12. The number of alkyl carbamates (subject to hydrolysis) is 1. The molecule has 5 unspecified atom stereocenters. The lowest BCUT2D eigenvalue weighted by atomic mass is 9.96. The summed E-state index contributed by atoms with van der Waals surface area (Å²) in [6.07, 6.45) is -6.62. The number of aliphatic carboxylic acids is 1. The Labute approximate surface area is 225 Å². The van der Waals surface area contributed by atoms with E-state index in [4.69, 9.17) is 25.1 Å². The van der Waals surface area contributed by atoms with Gasteiger partial charge in [-0.25, -0.2) is 4.79 Å². The van der Waals surface area contributed by atoms with Crippen LogP contribution in [0.1, 0.15) is 52.9 Å². The molecule has 224 valence electrons. The summed E-state index contributed by atoms with van der Waals surface area (Å²) in [7, 11) is 0. The van der Waals surface area contributed by atoms with Gasteiger partial charge in [0.15, 0.2) is 6.29 Å². The van der Waals surface area contributed by atoms with Crippen LogP contribution in [-0.2, 0) is 33.4 Å². The lowest BCUT2D eigenvalue weighted by molar-refractivity contribution is -0.265. The summed E-state index contributed by atoms with van der Waals surface area (Å²) in [6, 6.07) is -3.87. The van der Waals surface area contributed by atoms with Crippen LogP contribution in [0.25, 0.3) is 0 Å². The predicted octanol–water partition coefficient (Wildman–Crippen LogP) is -2.54. The first-order valence-electron chi connectivity index (χ1n) is 12.6. The fourth-order valence-electron chi connectivity index (χ4n) is 3.64. The van der Waals surface area contributed by atoms with E-state index in [1.807, 2.05) is 6.92 Å². The van der Waals surface area contributed by atoms with Gasteiger partial charge < -0.3 is 56.3 Å². The number of aliphatic hydroxyl groups is 3. The summed E-state index contributed by atoms with van der Waals surface area (Å²) >= 11 is 0. The van der Waals surface area contributed by atoms with E-state index in [2.05, 4.69) is 16.0 Å². The smallest absolute Gasteiger partial charge is 0.407 e. The third kappa shape index (κ3) is 11.3. The molecule has 1 aliphatic heterocycles. The van der Waals surface area contributed by atoms with Crippen LogP contribution in [0.5, 0.6) is 0 Å². The van der Waals surface area contributed by atoms with Crippen molar-refractivity contribution in [1.29, 1.82) is 0 Å². The lowest BCUT2D eigenvalue weighted by Crippen LogP contribution is -2.66. The summed E-state index contributed by atoms with van der Waals surface area (Å²) in [5.74, 6) is -3.80. The second kappa shape index (κ2) is 16.8. The number of unbranched alkanes of at least 4 members (excludes halogenated alkanes) is 2. The number of hydrogen-bond donors (Lipinski definition) is 8. The molecule has 0 aliphatic carbocycles. The third-order valence-electron chi connectivity index (χ3n) is 5.93. The van der Waals surface area contributed by atoms with Crippen molar-refractivity contribution in [3.63, 3.8) is 0 Å². The molecule has 0 spiro atoms. The van der Waals surface area contributed by atoms with Crippen molar-refractivity contribution in [3.8, 4) is 0 Å². The summed E-state index contributed by atoms with van der Waals surface area (Å²) < 4.78 is 15.8. The van der Waals surface area contributed by atoms with Crippen LogP contribution in [0.2, 0.25) is 0 Å². The van der Waals surface area contributed by atoms with Gasteiger partial charge in [0.05, 0.1) is 13.2 Å². The fourth-order valence-corrected chi connectivity index (χ4v) is 3.64. The summed E-state index contributed by atoms with van der Waals surface area (Å²) in [4.78, 5) is 59.6. The van der Waals surface area contributed by atoms with E-state index in [0.717, 1.165) is 12.8 Å². The van der Waals surface area contributed by atoms with Crippen LogP contribution in [0.3, 0.4) is 0 Å². The molecule has 1 aliphatic rings. The van der Waals surface area contributed by atoms with E-state index >= 15 is 0 Å². The molecule has 0 saturated carbocycles. The molecule has 1 fully saturated rings. The number of carbonyl (C=O) groups excluding carboxylic acids is 4. The van der Waals surface area contributed by atoms with E-state index in [1.54, 1.807) is 0 Å². The maximum Gasteiger partial charge on any atom is 0.407 e. The maximum atomic E-state index is 12.7. The number of primary amides is 1. The molecule has 0 aromatic rings. The van der Waals surface area contributed by atoms with E-state index in [0.29, 0.717) is 6.42 Å². The highest BCUT2D eigenvalue weighted by Crippen LogP contribution is 2.24. The third-order valence-corrected chi connectivity index (χ3v) is 5.93. The standard InChI is InChI=1S/C23H40N4O12/c1-4-5-6-9-37-23(36)27-16-18(17(31)14(10-28)39-22(16)35)38-12(3)21(34)25-11(2)20(33)26-13(19(24)32)7-8-15(29)30/h11-14,16-18,22,28,31,35H,4-10H2,1-3H3,(H2,24,32)(H,25,34)(H,26,33)(H,27,36)(H,29,30)/t11-,12+,13+,14?,16?,17?,18?,22?/m0/s1. The molecule has 9 N–H and O–H groups in total. The van der Waals surface area contributed by atoms with E-state index in [-0.39, 0.29) is 13.0 Å². The first-order valence-corrected chi connectivity index (χ1v) is 12.6. The Kier molecular flexibility index (Phi) is 14.6. The highest BCUT2D eigenvalue weighted by Gasteiger charge is 2.47. The van der Waals surface area contributed by atoms with Gasteiger partial charge in [-0.15, -0.1) is 0 Å². The van der Waals surface area contributed by atoms with Gasteiger partial charge in [-0.2, -0.15) is 0 Å². The van der Waals surface area contributed by atoms with Gasteiger partial charge in [0.2, 0.25) is 17.7 Å². The van der Waals surface area contributed by atoms with Crippen molar-refractivity contribution < 1.29 is 58.6 Å². The second-order valence-corrected chi connectivity index (χ2v) is 9.12. The SMILES string of the molecule is CCCCCOC(=O)NC1C(O)OC(CO)C(O)C1O[C@H](C)C(=O)N[C@@H](C)C(=O)N[C@H](CCC(=O)O)C(N)=O. The molecule has 4 amide bonds. The molecule has 0 aromatic heterocycles. The number of carbonyl (C=O) groups is 5. The Morgan fingerprint density at radius 2 is 1.72 bits per heavy atom. The highest BCUT2D eigenvalue weighted by atomic mass is 16.6. The first kappa shape index (κ1) is 34.0. The molecule has 0 radical (unpaired) electrons. The molecular formula is C23H40N4O12. The maximum absolute atomic E-state index is 12.7. The zero-order valence-electron chi connectivity index (χ0n) is 22.2. The van der Waals surface area contributed by atoms with Crippen molar-refractivity contribution in [2.75, 3.05) is 13.2 Å². The van der Waals surface area contributed by atoms with E-state index in [1.165, 1.54) is 13.8 Å². The minimum atomic E-state index is -1.73. The van der Waals surface area contributed by atoms with Crippen molar-refractivity contribution >= 4 is 29.8 Å². The molecule has 1 heterocycles. The number of rotatable bonds is 16. The summed E-state index contributed by atoms with van der Waals surface area (Å²) in [6.45, 7) is 3.96. The average Bonchev–Trinajstić information content (AvgIpc) is 2.87. The molecule has 1 rings (SSSR count). The number of aliphatic hydroxyl groups excluding tert-OH is 3.